The van der Waals surface area contributed by atoms with Crippen LogP contribution in [0.5, 0.6) is 0 Å². The first-order valence-corrected chi connectivity index (χ1v) is 10.6. The normalized spacial score (nSPS) is 18.4. The van der Waals surface area contributed by atoms with Crippen LogP contribution in [0.15, 0.2) is 62.5 Å². The Balaban J connectivity index is 1.36. The first kappa shape index (κ1) is 17.8. The number of carbonyl (C=O) groups is 1. The number of nitrogens with one attached hydrogen (secondary N) is 4. The highest BCUT2D eigenvalue weighted by atomic mass is 35.5. The molecule has 1 aromatic carbocycles. The lowest BCUT2D eigenvalue weighted by atomic mass is 9.82. The lowest BCUT2D eigenvalue weighted by Gasteiger charge is -2.30. The van der Waals surface area contributed by atoms with Gasteiger partial charge in [0.05, 0.1) is 23.5 Å². The molecule has 2 aliphatic rings. The smallest absolute Gasteiger partial charge is 0.175 e. The summed E-state index contributed by atoms with van der Waals surface area (Å²) in [5.41, 5.74) is 4.18. The van der Waals surface area contributed by atoms with Crippen molar-refractivity contribution in [2.45, 2.75) is 16.2 Å². The van der Waals surface area contributed by atoms with Gasteiger partial charge in [-0.3, -0.25) is 9.89 Å². The number of anilines is 1. The first-order valence-electron chi connectivity index (χ1n) is 9.36. The third-order valence-corrected chi connectivity index (χ3v) is 6.30. The van der Waals surface area contributed by atoms with E-state index in [0.29, 0.717) is 34.1 Å². The maximum atomic E-state index is 12.7. The van der Waals surface area contributed by atoms with E-state index in [1.54, 1.807) is 0 Å². The predicted molar refractivity (Wildman–Crippen MR) is 113 cm³/mol. The largest absolute Gasteiger partial charge is 0.453 e. The molecule has 1 atom stereocenters. The molecule has 5 heterocycles. The van der Waals surface area contributed by atoms with Crippen LogP contribution in [-0.4, -0.2) is 39.0 Å². The molecule has 0 spiro atoms. The van der Waals surface area contributed by atoms with Crippen LogP contribution in [0.3, 0.4) is 0 Å². The third-order valence-electron chi connectivity index (χ3n) is 5.26. The van der Waals surface area contributed by atoms with E-state index >= 15 is 0 Å². The van der Waals surface area contributed by atoms with Gasteiger partial charge in [0.2, 0.25) is 0 Å². The molecule has 0 bridgehead atoms. The van der Waals surface area contributed by atoms with Crippen molar-refractivity contribution in [3.63, 3.8) is 0 Å². The molecule has 0 aliphatic carbocycles. The van der Waals surface area contributed by atoms with Crippen LogP contribution in [0.2, 0.25) is 5.02 Å². The van der Waals surface area contributed by atoms with Gasteiger partial charge in [0.1, 0.15) is 5.76 Å². The van der Waals surface area contributed by atoms with Gasteiger partial charge in [-0.2, -0.15) is 5.10 Å². The molecule has 3 aromatic heterocycles. The van der Waals surface area contributed by atoms with E-state index in [1.807, 2.05) is 36.5 Å². The Bertz CT molecular complexity index is 1340. The number of H-pyrrole nitrogens is 2. The van der Waals surface area contributed by atoms with Crippen molar-refractivity contribution in [3.8, 4) is 0 Å². The van der Waals surface area contributed by atoms with E-state index in [1.165, 1.54) is 11.8 Å². The van der Waals surface area contributed by atoms with Crippen molar-refractivity contribution in [3.05, 3.63) is 64.1 Å². The van der Waals surface area contributed by atoms with Gasteiger partial charge >= 0.3 is 0 Å². The Kier molecular flexibility index (Phi) is 4.02. The average Bonchev–Trinajstić information content (AvgIpc) is 3.45. The first-order chi connectivity index (χ1) is 14.7. The van der Waals surface area contributed by atoms with Crippen LogP contribution in [-0.2, 0) is 4.79 Å². The van der Waals surface area contributed by atoms with E-state index in [4.69, 9.17) is 16.0 Å². The summed E-state index contributed by atoms with van der Waals surface area (Å²) >= 11 is 7.44. The van der Waals surface area contributed by atoms with Crippen LogP contribution in [0, 0.1) is 0 Å². The molecule has 4 N–H and O–H groups in total. The van der Waals surface area contributed by atoms with Crippen LogP contribution in [0.4, 0.5) is 5.82 Å². The second-order valence-electron chi connectivity index (χ2n) is 7.13. The fourth-order valence-electron chi connectivity index (χ4n) is 3.96. The Hall–Kier alpha value is -3.01. The minimum atomic E-state index is -0.298. The monoisotopic (exact) mass is 438 g/mol. The molecule has 0 saturated heterocycles. The number of imidazole rings is 1. The Morgan fingerprint density at radius 1 is 1.20 bits per heavy atom. The van der Waals surface area contributed by atoms with Gasteiger partial charge in [-0.25, -0.2) is 4.98 Å². The van der Waals surface area contributed by atoms with Gasteiger partial charge < -0.3 is 20.0 Å². The van der Waals surface area contributed by atoms with Crippen molar-refractivity contribution in [1.82, 2.24) is 25.5 Å². The number of nitrogens with zero attached hydrogens (tertiary/aromatic N) is 2. The van der Waals surface area contributed by atoms with E-state index in [0.717, 1.165) is 33.7 Å². The summed E-state index contributed by atoms with van der Waals surface area (Å²) in [5.74, 6) is 1.17. The zero-order valence-electron chi connectivity index (χ0n) is 15.5. The minimum Gasteiger partial charge on any atom is -0.453 e. The molecule has 2 aliphatic heterocycles. The number of halogens is 1. The van der Waals surface area contributed by atoms with Gasteiger partial charge in [0, 0.05) is 34.6 Å². The molecule has 0 amide bonds. The van der Waals surface area contributed by atoms with E-state index in [9.17, 15) is 4.79 Å². The second kappa shape index (κ2) is 6.76. The van der Waals surface area contributed by atoms with Crippen molar-refractivity contribution < 1.29 is 9.21 Å². The number of fused-ring (bicyclic) bond motifs is 2. The molecule has 8 nitrogen and oxygen atoms in total. The molecule has 150 valence electrons. The molecule has 10 heteroatoms. The summed E-state index contributed by atoms with van der Waals surface area (Å²) in [7, 11) is 0. The molecular formula is C20H15ClN6O2S. The van der Waals surface area contributed by atoms with Crippen LogP contribution in [0.1, 0.15) is 17.2 Å². The summed E-state index contributed by atoms with van der Waals surface area (Å²) in [6.07, 6.45) is 1.81. The quantitative estimate of drug-likeness (QED) is 0.386. The molecule has 1 unspecified atom stereocenters. The zero-order valence-corrected chi connectivity index (χ0v) is 17.0. The second-order valence-corrected chi connectivity index (χ2v) is 8.56. The van der Waals surface area contributed by atoms with Gasteiger partial charge in [-0.15, -0.1) is 0 Å². The van der Waals surface area contributed by atoms with Crippen LogP contribution >= 0.6 is 23.4 Å². The van der Waals surface area contributed by atoms with Gasteiger partial charge in [-0.05, 0) is 42.1 Å². The number of ketones is 1. The maximum Gasteiger partial charge on any atom is 0.175 e. The number of Topliss-reactive ketones (excluding diaryl/α,β-unsaturated/α-hetero) is 1. The number of hydrogen-bond donors (Lipinski definition) is 4. The number of benzene rings is 1. The van der Waals surface area contributed by atoms with Crippen LogP contribution < -0.4 is 10.6 Å². The molecule has 30 heavy (non-hydrogen) atoms. The standard InChI is InChI=1S/C20H15ClN6O2S/c21-9-1-2-11-12(5-9)26-20(25-11)30-16-4-3-15(29-16)17-10-6-23-27-19(10)24-13-7-22-8-14(28)18(13)17/h1-6,17,22H,7-8H2,(H,25,26)(H2,23,24,27). The molecule has 0 fully saturated rings. The lowest BCUT2D eigenvalue weighted by Crippen LogP contribution is -2.39. The summed E-state index contributed by atoms with van der Waals surface area (Å²) in [4.78, 5) is 20.5. The summed E-state index contributed by atoms with van der Waals surface area (Å²) in [5, 5.41) is 15.6. The predicted octanol–water partition coefficient (Wildman–Crippen LogP) is 3.67. The number of carbonyl (C=O) groups excluding carboxylic acids is 1. The summed E-state index contributed by atoms with van der Waals surface area (Å²) in [6.45, 7) is 0.905. The van der Waals surface area contributed by atoms with Crippen molar-refractivity contribution >= 4 is 46.0 Å². The highest BCUT2D eigenvalue weighted by molar-refractivity contribution is 7.99. The Morgan fingerprint density at radius 3 is 3.07 bits per heavy atom. The van der Waals surface area contributed by atoms with Gasteiger partial charge in [0.15, 0.2) is 21.8 Å². The molecular weight excluding hydrogens is 424 g/mol. The van der Waals surface area contributed by atoms with E-state index in [2.05, 4.69) is 30.8 Å². The number of rotatable bonds is 3. The molecule has 0 saturated carbocycles. The SMILES string of the molecule is O=C1CNCC2=C1C(c1ccc(Sc3nc4cc(Cl)ccc4[nH]3)o1)c1c[nH]nc1N2. The van der Waals surface area contributed by atoms with Crippen molar-refractivity contribution in [1.29, 1.82) is 0 Å². The highest BCUT2D eigenvalue weighted by Crippen LogP contribution is 2.43. The highest BCUT2D eigenvalue weighted by Gasteiger charge is 2.38. The number of aromatic nitrogens is 4. The van der Waals surface area contributed by atoms with E-state index in [-0.39, 0.29) is 11.7 Å². The van der Waals surface area contributed by atoms with Crippen LogP contribution in [0.25, 0.3) is 11.0 Å². The molecule has 0 radical (unpaired) electrons. The zero-order chi connectivity index (χ0) is 20.2. The summed E-state index contributed by atoms with van der Waals surface area (Å²) in [6, 6.07) is 9.34. The number of hydrogen-bond acceptors (Lipinski definition) is 7. The Morgan fingerprint density at radius 2 is 2.13 bits per heavy atom. The topological polar surface area (TPSA) is 112 Å². The molecule has 4 aromatic rings. The fourth-order valence-corrected chi connectivity index (χ4v) is 4.90. The van der Waals surface area contributed by atoms with Gasteiger partial charge in [0.25, 0.3) is 0 Å². The third kappa shape index (κ3) is 2.85. The maximum absolute atomic E-state index is 12.7. The number of furan rings is 1. The minimum absolute atomic E-state index is 0.0559. The summed E-state index contributed by atoms with van der Waals surface area (Å²) < 4.78 is 6.17. The van der Waals surface area contributed by atoms with Crippen molar-refractivity contribution in [2.75, 3.05) is 18.4 Å². The van der Waals surface area contributed by atoms with Crippen molar-refractivity contribution in [2.24, 2.45) is 0 Å². The van der Waals surface area contributed by atoms with Gasteiger partial charge in [-0.1, -0.05) is 11.6 Å². The lowest BCUT2D eigenvalue weighted by molar-refractivity contribution is -0.115. The average molecular weight is 439 g/mol. The Labute approximate surface area is 179 Å². The fraction of sp³-hybridized carbons (Fsp3) is 0.150. The van der Waals surface area contributed by atoms with E-state index < -0.39 is 0 Å². The number of aromatic amines is 2. The molecule has 6 rings (SSSR count).